The Labute approximate surface area is 115 Å². The average Bonchev–Trinajstić information content (AvgIpc) is 2.35. The molecule has 0 heterocycles. The highest BCUT2D eigenvalue weighted by Gasteiger charge is 2.14. The van der Waals surface area contributed by atoms with Gasteiger partial charge < -0.3 is 10.6 Å². The third kappa shape index (κ3) is 5.69. The highest BCUT2D eigenvalue weighted by atomic mass is 32.2. The Morgan fingerprint density at radius 2 is 1.95 bits per heavy atom. The van der Waals surface area contributed by atoms with Crippen molar-refractivity contribution in [3.63, 3.8) is 0 Å². The van der Waals surface area contributed by atoms with Crippen LogP contribution in [0.1, 0.15) is 18.1 Å². The molecule has 1 rings (SSSR count). The molecule has 1 aromatic rings. The monoisotopic (exact) mass is 285 g/mol. The predicted molar refractivity (Wildman–Crippen MR) is 78.1 cm³/mol. The minimum Gasteiger partial charge on any atom is -0.326 e. The summed E-state index contributed by atoms with van der Waals surface area (Å²) in [6.07, 6.45) is 0. The Morgan fingerprint density at radius 1 is 1.32 bits per heavy atom. The van der Waals surface area contributed by atoms with Crippen LogP contribution in [-0.2, 0) is 22.3 Å². The van der Waals surface area contributed by atoms with E-state index >= 15 is 0 Å². The van der Waals surface area contributed by atoms with Crippen molar-refractivity contribution >= 4 is 10.0 Å². The lowest BCUT2D eigenvalue weighted by atomic mass is 10.1. The van der Waals surface area contributed by atoms with E-state index in [1.165, 1.54) is 0 Å². The maximum atomic E-state index is 12.0. The van der Waals surface area contributed by atoms with E-state index in [1.54, 1.807) is 6.07 Å². The topological polar surface area (TPSA) is 75.4 Å². The van der Waals surface area contributed by atoms with Crippen LogP contribution in [0.25, 0.3) is 0 Å². The van der Waals surface area contributed by atoms with Crippen LogP contribution >= 0.6 is 0 Å². The first-order chi connectivity index (χ1) is 8.84. The summed E-state index contributed by atoms with van der Waals surface area (Å²) in [6, 6.07) is 7.50. The van der Waals surface area contributed by atoms with E-state index in [0.29, 0.717) is 13.1 Å². The van der Waals surface area contributed by atoms with Crippen LogP contribution in [0.4, 0.5) is 0 Å². The van der Waals surface area contributed by atoms with Crippen LogP contribution in [0.2, 0.25) is 0 Å². The summed E-state index contributed by atoms with van der Waals surface area (Å²) in [6.45, 7) is 2.79. The van der Waals surface area contributed by atoms with E-state index in [4.69, 9.17) is 5.73 Å². The summed E-state index contributed by atoms with van der Waals surface area (Å²) < 4.78 is 26.6. The second-order valence-electron chi connectivity index (χ2n) is 4.94. The van der Waals surface area contributed by atoms with Crippen molar-refractivity contribution in [1.29, 1.82) is 0 Å². The Bertz CT molecular complexity index is 500. The number of hydrogen-bond donors (Lipinski definition) is 2. The molecule has 1 atom stereocenters. The highest BCUT2D eigenvalue weighted by molar-refractivity contribution is 7.88. The Hall–Kier alpha value is -0.950. The maximum absolute atomic E-state index is 12.0. The quantitative estimate of drug-likeness (QED) is 0.765. The van der Waals surface area contributed by atoms with Crippen molar-refractivity contribution in [2.24, 2.45) is 5.73 Å². The van der Waals surface area contributed by atoms with Gasteiger partial charge in [0.05, 0.1) is 5.75 Å². The lowest BCUT2D eigenvalue weighted by Gasteiger charge is -2.20. The van der Waals surface area contributed by atoms with Crippen molar-refractivity contribution in [2.45, 2.75) is 25.3 Å². The molecular formula is C13H23N3O2S. The molecule has 5 nitrogen and oxygen atoms in total. The van der Waals surface area contributed by atoms with Gasteiger partial charge in [-0.25, -0.2) is 13.1 Å². The molecule has 0 radical (unpaired) electrons. The molecule has 0 amide bonds. The molecule has 6 heteroatoms. The number of likely N-dealkylation sites (N-methyl/N-ethyl adjacent to an activating group) is 1. The Morgan fingerprint density at radius 3 is 2.53 bits per heavy atom. The SMILES string of the molecule is CC(CNS(=O)(=O)Cc1cccc(CN)c1)N(C)C. The van der Waals surface area contributed by atoms with Crippen molar-refractivity contribution < 1.29 is 8.42 Å². The lowest BCUT2D eigenvalue weighted by Crippen LogP contribution is -2.38. The molecule has 0 aliphatic carbocycles. The average molecular weight is 285 g/mol. The number of nitrogens with two attached hydrogens (primary N) is 1. The molecule has 3 N–H and O–H groups in total. The summed E-state index contributed by atoms with van der Waals surface area (Å²) in [5, 5.41) is 0. The molecule has 0 saturated heterocycles. The van der Waals surface area contributed by atoms with Crippen molar-refractivity contribution in [1.82, 2.24) is 9.62 Å². The number of rotatable bonds is 7. The summed E-state index contributed by atoms with van der Waals surface area (Å²) in [7, 11) is 0.535. The van der Waals surface area contributed by atoms with E-state index < -0.39 is 10.0 Å². The molecule has 0 aliphatic rings. The number of nitrogens with zero attached hydrogens (tertiary/aromatic N) is 1. The smallest absolute Gasteiger partial charge is 0.215 e. The first-order valence-corrected chi connectivity index (χ1v) is 7.91. The highest BCUT2D eigenvalue weighted by Crippen LogP contribution is 2.08. The minimum absolute atomic E-state index is 0.0129. The van der Waals surface area contributed by atoms with E-state index in [-0.39, 0.29) is 11.8 Å². The standard InChI is InChI=1S/C13H23N3O2S/c1-11(16(2)3)9-15-19(17,18)10-13-6-4-5-12(7-13)8-14/h4-7,11,15H,8-10,14H2,1-3H3. The largest absolute Gasteiger partial charge is 0.326 e. The molecule has 1 aromatic carbocycles. The van der Waals surface area contributed by atoms with Gasteiger partial charge in [-0.15, -0.1) is 0 Å². The minimum atomic E-state index is -3.31. The van der Waals surface area contributed by atoms with E-state index in [0.717, 1.165) is 11.1 Å². The molecule has 0 bridgehead atoms. The third-order valence-electron chi connectivity index (χ3n) is 3.06. The van der Waals surface area contributed by atoms with Gasteiger partial charge >= 0.3 is 0 Å². The van der Waals surface area contributed by atoms with Crippen LogP contribution in [0.5, 0.6) is 0 Å². The zero-order valence-corrected chi connectivity index (χ0v) is 12.6. The van der Waals surface area contributed by atoms with E-state index in [2.05, 4.69) is 4.72 Å². The second kappa shape index (κ2) is 7.00. The lowest BCUT2D eigenvalue weighted by molar-refractivity contribution is 0.314. The van der Waals surface area contributed by atoms with Gasteiger partial charge in [-0.05, 0) is 32.1 Å². The van der Waals surface area contributed by atoms with Crippen LogP contribution in [0.15, 0.2) is 24.3 Å². The zero-order valence-electron chi connectivity index (χ0n) is 11.8. The number of benzene rings is 1. The normalized spacial score (nSPS) is 13.7. The zero-order chi connectivity index (χ0) is 14.5. The summed E-state index contributed by atoms with van der Waals surface area (Å²) in [5.41, 5.74) is 7.24. The van der Waals surface area contributed by atoms with Crippen molar-refractivity contribution in [2.75, 3.05) is 20.6 Å². The summed E-state index contributed by atoms with van der Waals surface area (Å²) >= 11 is 0. The van der Waals surface area contributed by atoms with Crippen molar-refractivity contribution in [3.8, 4) is 0 Å². The van der Waals surface area contributed by atoms with Gasteiger partial charge in [-0.2, -0.15) is 0 Å². The number of nitrogens with one attached hydrogen (secondary N) is 1. The van der Waals surface area contributed by atoms with E-state index in [1.807, 2.05) is 44.1 Å². The predicted octanol–water partition coefficient (Wildman–Crippen LogP) is 0.515. The fraction of sp³-hybridized carbons (Fsp3) is 0.538. The molecule has 0 fully saturated rings. The van der Waals surface area contributed by atoms with Gasteiger partial charge in [0, 0.05) is 19.1 Å². The Balaban J connectivity index is 2.63. The fourth-order valence-electron chi connectivity index (χ4n) is 1.55. The molecule has 108 valence electrons. The fourth-order valence-corrected chi connectivity index (χ4v) is 2.76. The van der Waals surface area contributed by atoms with Gasteiger partial charge in [-0.3, -0.25) is 0 Å². The van der Waals surface area contributed by atoms with Crippen LogP contribution in [0.3, 0.4) is 0 Å². The van der Waals surface area contributed by atoms with E-state index in [9.17, 15) is 8.42 Å². The molecule has 0 aromatic heterocycles. The molecule has 0 spiro atoms. The summed E-state index contributed by atoms with van der Waals surface area (Å²) in [5.74, 6) is -0.0129. The van der Waals surface area contributed by atoms with Crippen LogP contribution in [0, 0.1) is 0 Å². The summed E-state index contributed by atoms with van der Waals surface area (Å²) in [4.78, 5) is 1.97. The van der Waals surface area contributed by atoms with Gasteiger partial charge in [0.2, 0.25) is 10.0 Å². The Kier molecular flexibility index (Phi) is 5.93. The molecule has 0 saturated carbocycles. The van der Waals surface area contributed by atoms with Gasteiger partial charge in [0.15, 0.2) is 0 Å². The van der Waals surface area contributed by atoms with Crippen molar-refractivity contribution in [3.05, 3.63) is 35.4 Å². The third-order valence-corrected chi connectivity index (χ3v) is 4.38. The van der Waals surface area contributed by atoms with Gasteiger partial charge in [0.1, 0.15) is 0 Å². The first-order valence-electron chi connectivity index (χ1n) is 6.25. The van der Waals surface area contributed by atoms with Gasteiger partial charge in [-0.1, -0.05) is 24.3 Å². The molecule has 0 aliphatic heterocycles. The maximum Gasteiger partial charge on any atom is 0.215 e. The molecule has 19 heavy (non-hydrogen) atoms. The number of hydrogen-bond acceptors (Lipinski definition) is 4. The first kappa shape index (κ1) is 16.1. The van der Waals surface area contributed by atoms with Crippen LogP contribution < -0.4 is 10.5 Å². The van der Waals surface area contributed by atoms with Gasteiger partial charge in [0.25, 0.3) is 0 Å². The number of sulfonamides is 1. The van der Waals surface area contributed by atoms with Crippen LogP contribution in [-0.4, -0.2) is 40.0 Å². The molecule has 1 unspecified atom stereocenters. The second-order valence-corrected chi connectivity index (χ2v) is 6.75. The molecular weight excluding hydrogens is 262 g/mol.